The van der Waals surface area contributed by atoms with E-state index in [1.807, 2.05) is 12.1 Å². The van der Waals surface area contributed by atoms with Crippen LogP contribution in [0.25, 0.3) is 0 Å². The summed E-state index contributed by atoms with van der Waals surface area (Å²) < 4.78 is 28.6. The van der Waals surface area contributed by atoms with Gasteiger partial charge >= 0.3 is 0 Å². The molecule has 0 bridgehead atoms. The van der Waals surface area contributed by atoms with E-state index in [0.717, 1.165) is 18.4 Å². The molecule has 1 aromatic heterocycles. The third kappa shape index (κ3) is 4.84. The maximum atomic E-state index is 12.5. The Hall–Kier alpha value is -3.23. The highest BCUT2D eigenvalue weighted by Crippen LogP contribution is 2.22. The monoisotopic (exact) mass is 423 g/mol. The number of aromatic nitrogens is 1. The minimum atomic E-state index is -3.54. The first-order valence-electron chi connectivity index (χ1n) is 9.59. The summed E-state index contributed by atoms with van der Waals surface area (Å²) in [5.41, 5.74) is 1.82. The Morgan fingerprint density at radius 1 is 0.967 bits per heavy atom. The predicted octanol–water partition coefficient (Wildman–Crippen LogP) is 2.59. The van der Waals surface area contributed by atoms with Gasteiger partial charge < -0.3 is 9.88 Å². The van der Waals surface area contributed by atoms with Gasteiger partial charge in [-0.25, -0.2) is 13.1 Å². The number of amides is 1. The third-order valence-corrected chi connectivity index (χ3v) is 6.33. The lowest BCUT2D eigenvalue weighted by atomic mass is 10.1. The van der Waals surface area contributed by atoms with Crippen molar-refractivity contribution in [3.8, 4) is 0 Å². The zero-order chi connectivity index (χ0) is 21.1. The molecule has 3 aromatic rings. The summed E-state index contributed by atoms with van der Waals surface area (Å²) in [6.07, 6.45) is 3.45. The molecule has 8 heteroatoms. The van der Waals surface area contributed by atoms with E-state index in [-0.39, 0.29) is 22.4 Å². The molecular formula is C22H21N3O4S. The van der Waals surface area contributed by atoms with Gasteiger partial charge in [-0.15, -0.1) is 0 Å². The molecule has 0 radical (unpaired) electrons. The zero-order valence-corrected chi connectivity index (χ0v) is 16.9. The molecule has 0 saturated heterocycles. The Morgan fingerprint density at radius 2 is 1.67 bits per heavy atom. The Bertz CT molecular complexity index is 1210. The molecule has 1 heterocycles. The molecule has 1 fully saturated rings. The van der Waals surface area contributed by atoms with Crippen molar-refractivity contribution in [2.45, 2.75) is 30.3 Å². The minimum absolute atomic E-state index is 0.0291. The van der Waals surface area contributed by atoms with Crippen LogP contribution in [0.3, 0.4) is 0 Å². The normalized spacial score (nSPS) is 13.7. The van der Waals surface area contributed by atoms with Crippen molar-refractivity contribution in [1.82, 2.24) is 9.29 Å². The quantitative estimate of drug-likeness (QED) is 0.610. The van der Waals surface area contributed by atoms with Crippen LogP contribution in [0.5, 0.6) is 0 Å². The van der Waals surface area contributed by atoms with Crippen LogP contribution in [-0.2, 0) is 16.6 Å². The van der Waals surface area contributed by atoms with Crippen LogP contribution in [0.2, 0.25) is 0 Å². The molecule has 1 aliphatic rings. The van der Waals surface area contributed by atoms with Gasteiger partial charge in [0.25, 0.3) is 11.5 Å². The van der Waals surface area contributed by atoms with Crippen LogP contribution in [0, 0.1) is 0 Å². The molecule has 0 atom stereocenters. The summed E-state index contributed by atoms with van der Waals surface area (Å²) in [5.74, 6) is -0.332. The van der Waals surface area contributed by atoms with Crippen LogP contribution >= 0.6 is 0 Å². The first kappa shape index (κ1) is 20.1. The van der Waals surface area contributed by atoms with E-state index in [4.69, 9.17) is 0 Å². The lowest BCUT2D eigenvalue weighted by Crippen LogP contribution is -2.25. The van der Waals surface area contributed by atoms with E-state index in [1.54, 1.807) is 35.0 Å². The molecule has 2 aromatic carbocycles. The maximum absolute atomic E-state index is 12.5. The molecule has 0 spiro atoms. The molecule has 154 valence electrons. The first-order valence-corrected chi connectivity index (χ1v) is 11.1. The van der Waals surface area contributed by atoms with Gasteiger partial charge in [0.15, 0.2) is 0 Å². The van der Waals surface area contributed by atoms with Crippen molar-refractivity contribution in [1.29, 1.82) is 0 Å². The van der Waals surface area contributed by atoms with Crippen molar-refractivity contribution in [2.75, 3.05) is 5.32 Å². The molecule has 1 amide bonds. The number of nitrogens with one attached hydrogen (secondary N) is 2. The van der Waals surface area contributed by atoms with E-state index >= 15 is 0 Å². The van der Waals surface area contributed by atoms with Gasteiger partial charge in [-0.2, -0.15) is 0 Å². The van der Waals surface area contributed by atoms with Gasteiger partial charge in [0.05, 0.1) is 11.4 Å². The number of carbonyl (C=O) groups excluding carboxylic acids is 1. The number of benzene rings is 2. The Morgan fingerprint density at radius 3 is 2.30 bits per heavy atom. The summed E-state index contributed by atoms with van der Waals surface area (Å²) in [5, 5.41) is 2.79. The van der Waals surface area contributed by atoms with Gasteiger partial charge in [0, 0.05) is 29.6 Å². The number of nitrogens with zero attached hydrogens (tertiary/aromatic N) is 1. The van der Waals surface area contributed by atoms with Gasteiger partial charge in [-0.05, 0) is 60.9 Å². The van der Waals surface area contributed by atoms with E-state index in [0.29, 0.717) is 17.8 Å². The molecule has 0 aliphatic heterocycles. The fraction of sp³-hybridized carbons (Fsp3) is 0.182. The average molecular weight is 423 g/mol. The second kappa shape index (κ2) is 8.25. The largest absolute Gasteiger partial charge is 0.322 e. The lowest BCUT2D eigenvalue weighted by molar-refractivity contribution is 0.102. The number of hydrogen-bond acceptors (Lipinski definition) is 4. The number of sulfonamides is 1. The fourth-order valence-electron chi connectivity index (χ4n) is 2.96. The molecule has 4 rings (SSSR count). The first-order chi connectivity index (χ1) is 14.4. The van der Waals surface area contributed by atoms with Crippen molar-refractivity contribution in [3.05, 3.63) is 94.4 Å². The molecule has 7 nitrogen and oxygen atoms in total. The standard InChI is InChI=1S/C22H21N3O4S/c26-21-3-1-2-14-25(21)15-16-4-8-18(9-5-16)23-22(27)17-6-12-20(13-7-17)30(28,29)24-19-10-11-19/h1-9,12-14,19,24H,10-11,15H2,(H,23,27). The van der Waals surface area contributed by atoms with E-state index < -0.39 is 10.0 Å². The van der Waals surface area contributed by atoms with Crippen LogP contribution in [-0.4, -0.2) is 24.9 Å². The molecule has 0 unspecified atom stereocenters. The topological polar surface area (TPSA) is 97.3 Å². The van der Waals surface area contributed by atoms with Crippen LogP contribution < -0.4 is 15.6 Å². The highest BCUT2D eigenvalue weighted by molar-refractivity contribution is 7.89. The third-order valence-electron chi connectivity index (χ3n) is 4.79. The fourth-order valence-corrected chi connectivity index (χ4v) is 4.26. The lowest BCUT2D eigenvalue weighted by Gasteiger charge is -2.09. The highest BCUT2D eigenvalue weighted by atomic mass is 32.2. The van der Waals surface area contributed by atoms with Gasteiger partial charge in [-0.3, -0.25) is 9.59 Å². The smallest absolute Gasteiger partial charge is 0.255 e. The number of rotatable bonds is 7. The van der Waals surface area contributed by atoms with Gasteiger partial charge in [-0.1, -0.05) is 18.2 Å². The van der Waals surface area contributed by atoms with Crippen molar-refractivity contribution in [2.24, 2.45) is 0 Å². The predicted molar refractivity (Wildman–Crippen MR) is 114 cm³/mol. The SMILES string of the molecule is O=C(Nc1ccc(Cn2ccccc2=O)cc1)c1ccc(S(=O)(=O)NC2CC2)cc1. The second-order valence-corrected chi connectivity index (χ2v) is 8.95. The Labute approximate surface area is 174 Å². The van der Waals surface area contributed by atoms with Crippen molar-refractivity contribution >= 4 is 21.6 Å². The number of hydrogen-bond donors (Lipinski definition) is 2. The summed E-state index contributed by atoms with van der Waals surface area (Å²) in [7, 11) is -3.54. The van der Waals surface area contributed by atoms with Crippen LogP contribution in [0.4, 0.5) is 5.69 Å². The molecule has 2 N–H and O–H groups in total. The maximum Gasteiger partial charge on any atom is 0.255 e. The Kier molecular flexibility index (Phi) is 5.52. The summed E-state index contributed by atoms with van der Waals surface area (Å²) in [4.78, 5) is 24.4. The molecule has 1 saturated carbocycles. The highest BCUT2D eigenvalue weighted by Gasteiger charge is 2.27. The van der Waals surface area contributed by atoms with E-state index in [9.17, 15) is 18.0 Å². The summed E-state index contributed by atoms with van der Waals surface area (Å²) in [6, 6.07) is 18.1. The van der Waals surface area contributed by atoms with E-state index in [1.165, 1.54) is 30.3 Å². The number of carbonyl (C=O) groups is 1. The molecule has 1 aliphatic carbocycles. The molecule has 30 heavy (non-hydrogen) atoms. The molecular weight excluding hydrogens is 402 g/mol. The minimum Gasteiger partial charge on any atom is -0.322 e. The Balaban J connectivity index is 1.40. The average Bonchev–Trinajstić information content (AvgIpc) is 3.54. The summed E-state index contributed by atoms with van der Waals surface area (Å²) in [6.45, 7) is 0.443. The zero-order valence-electron chi connectivity index (χ0n) is 16.1. The summed E-state index contributed by atoms with van der Waals surface area (Å²) >= 11 is 0. The van der Waals surface area contributed by atoms with Crippen LogP contribution in [0.1, 0.15) is 28.8 Å². The van der Waals surface area contributed by atoms with E-state index in [2.05, 4.69) is 10.0 Å². The van der Waals surface area contributed by atoms with Crippen molar-refractivity contribution < 1.29 is 13.2 Å². The number of anilines is 1. The second-order valence-electron chi connectivity index (χ2n) is 7.24. The number of pyridine rings is 1. The van der Waals surface area contributed by atoms with Gasteiger partial charge in [0.1, 0.15) is 0 Å². The van der Waals surface area contributed by atoms with Gasteiger partial charge in [0.2, 0.25) is 10.0 Å². The van der Waals surface area contributed by atoms with Crippen LogP contribution in [0.15, 0.2) is 82.6 Å². The van der Waals surface area contributed by atoms with Crippen molar-refractivity contribution in [3.63, 3.8) is 0 Å².